The second-order valence-corrected chi connectivity index (χ2v) is 6.69. The summed E-state index contributed by atoms with van der Waals surface area (Å²) in [5.41, 5.74) is -2.54. The predicted molar refractivity (Wildman–Crippen MR) is 106 cm³/mol. The lowest BCUT2D eigenvalue weighted by atomic mass is 10.3. The topological polar surface area (TPSA) is 97.7 Å². The molecule has 2 N–H and O–H groups in total. The van der Waals surface area contributed by atoms with Gasteiger partial charge in [-0.1, -0.05) is 6.07 Å². The molecule has 0 aliphatic heterocycles. The van der Waals surface area contributed by atoms with Crippen LogP contribution < -0.4 is 10.6 Å². The van der Waals surface area contributed by atoms with Gasteiger partial charge in [-0.05, 0) is 31.2 Å². The molecule has 0 aliphatic carbocycles. The summed E-state index contributed by atoms with van der Waals surface area (Å²) in [5, 5.41) is 5.43. The number of anilines is 3. The first-order chi connectivity index (χ1) is 15.5. The van der Waals surface area contributed by atoms with Crippen molar-refractivity contribution in [2.45, 2.75) is 25.4 Å². The molecule has 0 aliphatic rings. The maximum absolute atomic E-state index is 13.1. The average Bonchev–Trinajstić information content (AvgIpc) is 2.76. The van der Waals surface area contributed by atoms with E-state index in [0.717, 1.165) is 24.4 Å². The van der Waals surface area contributed by atoms with E-state index in [1.807, 2.05) is 0 Å². The van der Waals surface area contributed by atoms with Gasteiger partial charge in [0.2, 0.25) is 11.9 Å². The van der Waals surface area contributed by atoms with Crippen molar-refractivity contribution in [2.24, 2.45) is 0 Å². The molecule has 0 unspecified atom stereocenters. The van der Waals surface area contributed by atoms with Crippen molar-refractivity contribution in [1.82, 2.24) is 24.9 Å². The van der Waals surface area contributed by atoms with Gasteiger partial charge in [0.1, 0.15) is 17.1 Å². The third kappa shape index (κ3) is 6.47. The highest BCUT2D eigenvalue weighted by molar-refractivity contribution is 5.59. The maximum atomic E-state index is 13.1. The van der Waals surface area contributed by atoms with Crippen molar-refractivity contribution in [3.63, 3.8) is 0 Å². The third-order valence-corrected chi connectivity index (χ3v) is 4.16. The van der Waals surface area contributed by atoms with E-state index in [2.05, 4.69) is 35.6 Å². The summed E-state index contributed by atoms with van der Waals surface area (Å²) in [6, 6.07) is 5.19. The van der Waals surface area contributed by atoms with Gasteiger partial charge in [-0.25, -0.2) is 4.98 Å². The molecular weight excluding hydrogens is 456 g/mol. The summed E-state index contributed by atoms with van der Waals surface area (Å²) in [5.74, 6) is -0.488. The lowest BCUT2D eigenvalue weighted by Gasteiger charge is -2.14. The summed E-state index contributed by atoms with van der Waals surface area (Å²) in [6.07, 6.45) is -8.68. The summed E-state index contributed by atoms with van der Waals surface area (Å²) in [7, 11) is 1.48. The molecule has 1 atom stereocenters. The molecule has 8 nitrogen and oxygen atoms in total. The number of nitrogens with zero attached hydrogens (tertiary/aromatic N) is 5. The van der Waals surface area contributed by atoms with Gasteiger partial charge >= 0.3 is 12.4 Å². The fourth-order valence-electron chi connectivity index (χ4n) is 2.45. The van der Waals surface area contributed by atoms with Crippen LogP contribution in [0.25, 0.3) is 11.5 Å². The number of ether oxygens (including phenoxy) is 1. The fourth-order valence-corrected chi connectivity index (χ4v) is 2.45. The van der Waals surface area contributed by atoms with Crippen molar-refractivity contribution in [1.29, 1.82) is 0 Å². The van der Waals surface area contributed by atoms with Crippen LogP contribution >= 0.6 is 0 Å². The Morgan fingerprint density at radius 2 is 1.61 bits per heavy atom. The molecule has 3 rings (SSSR count). The lowest BCUT2D eigenvalue weighted by Crippen LogP contribution is -2.20. The number of methoxy groups -OCH3 is 1. The number of rotatable bonds is 7. The Morgan fingerprint density at radius 1 is 0.909 bits per heavy atom. The van der Waals surface area contributed by atoms with Crippen LogP contribution in [-0.4, -0.2) is 44.7 Å². The summed E-state index contributed by atoms with van der Waals surface area (Å²) >= 11 is 0. The van der Waals surface area contributed by atoms with E-state index >= 15 is 0 Å². The first kappa shape index (κ1) is 24.1. The van der Waals surface area contributed by atoms with Crippen LogP contribution in [0.2, 0.25) is 0 Å². The van der Waals surface area contributed by atoms with Crippen molar-refractivity contribution in [3.8, 4) is 11.5 Å². The Morgan fingerprint density at radius 3 is 2.27 bits per heavy atom. The maximum Gasteiger partial charge on any atom is 0.433 e. The normalized spacial score (nSPS) is 13.0. The van der Waals surface area contributed by atoms with Crippen LogP contribution in [0.4, 0.5) is 43.9 Å². The highest BCUT2D eigenvalue weighted by Crippen LogP contribution is 2.31. The minimum atomic E-state index is -4.69. The molecule has 0 spiro atoms. The average molecular weight is 473 g/mol. The zero-order chi connectivity index (χ0) is 24.2. The van der Waals surface area contributed by atoms with Gasteiger partial charge in [0.15, 0.2) is 5.82 Å². The Bertz CT molecular complexity index is 1110. The fraction of sp³-hybridized carbons (Fsp3) is 0.316. The zero-order valence-corrected chi connectivity index (χ0v) is 17.2. The summed E-state index contributed by atoms with van der Waals surface area (Å²) in [6.45, 7) is 1.99. The van der Waals surface area contributed by atoms with Crippen molar-refractivity contribution >= 4 is 17.6 Å². The number of halogens is 6. The third-order valence-electron chi connectivity index (χ3n) is 4.16. The van der Waals surface area contributed by atoms with Crippen molar-refractivity contribution in [3.05, 3.63) is 47.9 Å². The highest BCUT2D eigenvalue weighted by Gasteiger charge is 2.33. The van der Waals surface area contributed by atoms with Crippen molar-refractivity contribution < 1.29 is 31.1 Å². The van der Waals surface area contributed by atoms with Gasteiger partial charge < -0.3 is 15.4 Å². The lowest BCUT2D eigenvalue weighted by molar-refractivity contribution is -0.141. The van der Waals surface area contributed by atoms with Gasteiger partial charge in [0.05, 0.1) is 6.10 Å². The monoisotopic (exact) mass is 473 g/mol. The second-order valence-electron chi connectivity index (χ2n) is 6.69. The molecule has 0 saturated carbocycles. The molecule has 3 aromatic rings. The number of aromatic nitrogens is 5. The minimum Gasteiger partial charge on any atom is -0.380 e. The van der Waals surface area contributed by atoms with Crippen LogP contribution in [0.3, 0.4) is 0 Å². The molecule has 3 heterocycles. The van der Waals surface area contributed by atoms with E-state index < -0.39 is 23.7 Å². The van der Waals surface area contributed by atoms with Gasteiger partial charge in [-0.15, -0.1) is 0 Å². The van der Waals surface area contributed by atoms with Crippen LogP contribution in [0.1, 0.15) is 18.3 Å². The van der Waals surface area contributed by atoms with E-state index in [-0.39, 0.29) is 41.8 Å². The first-order valence-corrected chi connectivity index (χ1v) is 9.33. The van der Waals surface area contributed by atoms with Gasteiger partial charge in [0.25, 0.3) is 0 Å². The number of pyridine rings is 2. The van der Waals surface area contributed by atoms with Gasteiger partial charge in [-0.2, -0.15) is 41.3 Å². The first-order valence-electron chi connectivity index (χ1n) is 9.33. The molecule has 0 aromatic carbocycles. The van der Waals surface area contributed by atoms with Crippen LogP contribution in [0, 0.1) is 0 Å². The molecule has 3 aromatic heterocycles. The standard InChI is InChI=1S/C19H17F6N7O/c1-10(33-2)9-27-16-30-15(12-4-3-5-13(29-12)18(20,21)22)31-17(32-16)28-11-6-7-26-14(8-11)19(23,24)25/h3-8,10H,9H2,1-2H3,(H2,26,27,28,30,31,32)/t10-/m0/s1. The molecule has 33 heavy (non-hydrogen) atoms. The minimum absolute atomic E-state index is 0.0392. The Labute approximate surface area is 183 Å². The molecule has 0 fully saturated rings. The highest BCUT2D eigenvalue weighted by atomic mass is 19.4. The quantitative estimate of drug-likeness (QED) is 0.482. The van der Waals surface area contributed by atoms with Gasteiger partial charge in [-0.3, -0.25) is 4.98 Å². The number of nitrogens with one attached hydrogen (secondary N) is 2. The number of alkyl halides is 6. The van der Waals surface area contributed by atoms with E-state index in [1.54, 1.807) is 6.92 Å². The van der Waals surface area contributed by atoms with E-state index in [0.29, 0.717) is 0 Å². The van der Waals surface area contributed by atoms with Crippen LogP contribution in [0.5, 0.6) is 0 Å². The van der Waals surface area contributed by atoms with E-state index in [9.17, 15) is 26.3 Å². The van der Waals surface area contributed by atoms with E-state index in [4.69, 9.17) is 4.74 Å². The zero-order valence-electron chi connectivity index (χ0n) is 17.2. The van der Waals surface area contributed by atoms with Crippen molar-refractivity contribution in [2.75, 3.05) is 24.3 Å². The summed E-state index contributed by atoms with van der Waals surface area (Å²) in [4.78, 5) is 19.0. The molecular formula is C19H17F6N7O. The Hall–Kier alpha value is -3.55. The van der Waals surface area contributed by atoms with E-state index in [1.165, 1.54) is 19.2 Å². The SMILES string of the molecule is CO[C@@H](C)CNc1nc(Nc2ccnc(C(F)(F)F)c2)nc(-c2cccc(C(F)(F)F)n2)n1. The number of hydrogen-bond acceptors (Lipinski definition) is 8. The van der Waals surface area contributed by atoms with Gasteiger partial charge in [0, 0.05) is 25.5 Å². The van der Waals surface area contributed by atoms with Crippen LogP contribution in [0.15, 0.2) is 36.5 Å². The molecule has 0 amide bonds. The Kier molecular flexibility index (Phi) is 6.95. The molecule has 0 bridgehead atoms. The second kappa shape index (κ2) is 9.52. The largest absolute Gasteiger partial charge is 0.433 e. The van der Waals surface area contributed by atoms with Crippen LogP contribution in [-0.2, 0) is 17.1 Å². The molecule has 14 heteroatoms. The molecule has 176 valence electrons. The number of hydrogen-bond donors (Lipinski definition) is 2. The summed E-state index contributed by atoms with van der Waals surface area (Å²) < 4.78 is 83.1. The Balaban J connectivity index is 2.00. The molecule has 0 saturated heterocycles. The predicted octanol–water partition coefficient (Wildman–Crippen LogP) is 4.56. The molecule has 0 radical (unpaired) electrons. The smallest absolute Gasteiger partial charge is 0.380 e.